The number of carbonyl (C=O) groups is 1. The van der Waals surface area contributed by atoms with Gasteiger partial charge >= 0.3 is 0 Å². The molecule has 1 N–H and O–H groups in total. The van der Waals surface area contributed by atoms with Gasteiger partial charge in [0.1, 0.15) is 22.4 Å². The Kier molecular flexibility index (Phi) is 6.84. The van der Waals surface area contributed by atoms with Crippen LogP contribution in [0.2, 0.25) is 0 Å². The molecular weight excluding hydrogens is 502 g/mol. The second kappa shape index (κ2) is 10.4. The smallest absolute Gasteiger partial charge is 0.268 e. The lowest BCUT2D eigenvalue weighted by atomic mass is 10.1. The number of carbonyl (C=O) groups excluding carboxylic acids is 1. The Morgan fingerprint density at radius 2 is 1.59 bits per heavy atom. The lowest BCUT2D eigenvalue weighted by Crippen LogP contribution is -2.20. The molecule has 2 heterocycles. The molecule has 0 radical (unpaired) electrons. The van der Waals surface area contributed by atoms with Gasteiger partial charge in [0, 0.05) is 23.5 Å². The summed E-state index contributed by atoms with van der Waals surface area (Å²) in [4.78, 5) is 26.7. The number of hydrogen-bond donors (Lipinski definition) is 1. The Hall–Kier alpha value is -4.99. The number of nitrogens with one attached hydrogen (secondary N) is 1. The molecule has 39 heavy (non-hydrogen) atoms. The predicted molar refractivity (Wildman–Crippen MR) is 147 cm³/mol. The van der Waals surface area contributed by atoms with Gasteiger partial charge < -0.3 is 28.8 Å². The fourth-order valence-electron chi connectivity index (χ4n) is 4.74. The van der Waals surface area contributed by atoms with E-state index in [1.54, 1.807) is 36.8 Å². The van der Waals surface area contributed by atoms with Crippen LogP contribution in [0, 0.1) is 6.92 Å². The van der Waals surface area contributed by atoms with Gasteiger partial charge in [-0.15, -0.1) is 0 Å². The van der Waals surface area contributed by atoms with Crippen molar-refractivity contribution >= 4 is 33.4 Å². The third-order valence-electron chi connectivity index (χ3n) is 6.46. The molecule has 1 amide bonds. The number of methoxy groups -OCH3 is 4. The van der Waals surface area contributed by atoms with Gasteiger partial charge in [-0.3, -0.25) is 14.2 Å². The SMILES string of the molecule is COc1cc(NC(=O)Cc2cccc(-n3c(=O)c4c(C)onc4c4c(OC)cccc43)c2)cc(OC)c1OC. The zero-order chi connectivity index (χ0) is 27.7. The molecule has 0 aliphatic rings. The van der Waals surface area contributed by atoms with Crippen LogP contribution < -0.4 is 29.8 Å². The van der Waals surface area contributed by atoms with Gasteiger partial charge in [-0.2, -0.15) is 0 Å². The molecule has 10 nitrogen and oxygen atoms in total. The van der Waals surface area contributed by atoms with E-state index in [0.717, 1.165) is 0 Å². The molecule has 5 rings (SSSR count). The van der Waals surface area contributed by atoms with Crippen LogP contribution in [0.4, 0.5) is 5.69 Å². The molecule has 200 valence electrons. The van der Waals surface area contributed by atoms with Gasteiger partial charge in [0.25, 0.3) is 5.56 Å². The van der Waals surface area contributed by atoms with Crippen molar-refractivity contribution in [2.24, 2.45) is 0 Å². The van der Waals surface area contributed by atoms with Crippen LogP contribution in [0.3, 0.4) is 0 Å². The van der Waals surface area contributed by atoms with Crippen LogP contribution in [0.15, 0.2) is 63.9 Å². The second-order valence-electron chi connectivity index (χ2n) is 8.77. The van der Waals surface area contributed by atoms with Crippen molar-refractivity contribution < 1.29 is 28.3 Å². The number of ether oxygens (including phenoxy) is 4. The molecule has 5 aromatic rings. The molecule has 0 spiro atoms. The van der Waals surface area contributed by atoms with E-state index in [1.807, 2.05) is 36.4 Å². The molecule has 0 aliphatic carbocycles. The summed E-state index contributed by atoms with van der Waals surface area (Å²) in [6.07, 6.45) is 0.0645. The lowest BCUT2D eigenvalue weighted by molar-refractivity contribution is -0.115. The summed E-state index contributed by atoms with van der Waals surface area (Å²) in [6.45, 7) is 1.70. The Balaban J connectivity index is 1.53. The van der Waals surface area contributed by atoms with E-state index in [0.29, 0.717) is 67.5 Å². The van der Waals surface area contributed by atoms with Crippen molar-refractivity contribution in [2.75, 3.05) is 33.8 Å². The first-order valence-corrected chi connectivity index (χ1v) is 12.1. The highest BCUT2D eigenvalue weighted by molar-refractivity contribution is 6.07. The van der Waals surface area contributed by atoms with Gasteiger partial charge in [0.05, 0.1) is 45.8 Å². The molecule has 10 heteroatoms. The average molecular weight is 530 g/mol. The highest BCUT2D eigenvalue weighted by Gasteiger charge is 2.21. The number of benzene rings is 3. The third kappa shape index (κ3) is 4.50. The van der Waals surface area contributed by atoms with E-state index < -0.39 is 0 Å². The Morgan fingerprint density at radius 3 is 2.26 bits per heavy atom. The van der Waals surface area contributed by atoms with Crippen molar-refractivity contribution in [1.82, 2.24) is 9.72 Å². The van der Waals surface area contributed by atoms with Crippen molar-refractivity contribution in [1.29, 1.82) is 0 Å². The summed E-state index contributed by atoms with van der Waals surface area (Å²) in [7, 11) is 6.09. The van der Waals surface area contributed by atoms with Crippen LogP contribution in [-0.4, -0.2) is 44.1 Å². The third-order valence-corrected chi connectivity index (χ3v) is 6.46. The van der Waals surface area contributed by atoms with Crippen LogP contribution >= 0.6 is 0 Å². The number of pyridine rings is 1. The van der Waals surface area contributed by atoms with E-state index in [9.17, 15) is 9.59 Å². The first-order valence-electron chi connectivity index (χ1n) is 12.1. The van der Waals surface area contributed by atoms with Gasteiger partial charge in [0.2, 0.25) is 11.7 Å². The largest absolute Gasteiger partial charge is 0.496 e. The Morgan fingerprint density at radius 1 is 0.897 bits per heavy atom. The fourth-order valence-corrected chi connectivity index (χ4v) is 4.74. The minimum Gasteiger partial charge on any atom is -0.496 e. The molecule has 2 aromatic heterocycles. The lowest BCUT2D eigenvalue weighted by Gasteiger charge is -2.15. The standard InChI is InChI=1S/C29H27N3O7/c1-16-25-27(31-39-16)26-20(10-7-11-21(26)35-2)32(29(25)34)19-9-6-8-17(12-19)13-24(33)30-18-14-22(36-3)28(38-5)23(15-18)37-4/h6-12,14-15H,13H2,1-5H3,(H,30,33). The molecule has 0 atom stereocenters. The maximum atomic E-state index is 13.7. The van der Waals surface area contributed by atoms with Crippen LogP contribution in [0.1, 0.15) is 11.3 Å². The van der Waals surface area contributed by atoms with Gasteiger partial charge in [0.15, 0.2) is 11.5 Å². The quantitative estimate of drug-likeness (QED) is 0.309. The first kappa shape index (κ1) is 25.7. The predicted octanol–water partition coefficient (Wildman–Crippen LogP) is 4.66. The molecule has 0 saturated heterocycles. The monoisotopic (exact) mass is 529 g/mol. The Labute approximate surface area is 223 Å². The summed E-state index contributed by atoms with van der Waals surface area (Å²) >= 11 is 0. The van der Waals surface area contributed by atoms with Crippen molar-refractivity contribution in [3.8, 4) is 28.7 Å². The summed E-state index contributed by atoms with van der Waals surface area (Å²) in [5.74, 6) is 2.01. The number of anilines is 1. The first-order chi connectivity index (χ1) is 18.9. The minimum absolute atomic E-state index is 0.0645. The highest BCUT2D eigenvalue weighted by Crippen LogP contribution is 2.40. The van der Waals surface area contributed by atoms with Gasteiger partial charge in [-0.05, 0) is 36.8 Å². The number of aromatic nitrogens is 2. The molecule has 0 unspecified atom stereocenters. The van der Waals surface area contributed by atoms with E-state index >= 15 is 0 Å². The summed E-state index contributed by atoms with van der Waals surface area (Å²) in [5, 5.41) is 8.05. The molecule has 0 bridgehead atoms. The van der Waals surface area contributed by atoms with Crippen molar-refractivity contribution in [2.45, 2.75) is 13.3 Å². The van der Waals surface area contributed by atoms with Crippen molar-refractivity contribution in [3.05, 3.63) is 76.3 Å². The van der Waals surface area contributed by atoms with Crippen LogP contribution in [-0.2, 0) is 11.2 Å². The maximum absolute atomic E-state index is 13.7. The highest BCUT2D eigenvalue weighted by atomic mass is 16.5. The molecule has 0 aliphatic heterocycles. The number of rotatable bonds is 8. The average Bonchev–Trinajstić information content (AvgIpc) is 3.33. The number of fused-ring (bicyclic) bond motifs is 3. The number of aryl methyl sites for hydroxylation is 1. The van der Waals surface area contributed by atoms with Crippen molar-refractivity contribution in [3.63, 3.8) is 0 Å². The van der Waals surface area contributed by atoms with E-state index in [-0.39, 0.29) is 17.9 Å². The van der Waals surface area contributed by atoms with Gasteiger partial charge in [-0.25, -0.2) is 0 Å². The van der Waals surface area contributed by atoms with E-state index in [1.165, 1.54) is 21.3 Å². The van der Waals surface area contributed by atoms with Crippen LogP contribution in [0.5, 0.6) is 23.0 Å². The topological polar surface area (TPSA) is 114 Å². The molecule has 3 aromatic carbocycles. The maximum Gasteiger partial charge on any atom is 0.268 e. The number of amides is 1. The number of hydrogen-bond acceptors (Lipinski definition) is 8. The van der Waals surface area contributed by atoms with E-state index in [4.69, 9.17) is 23.5 Å². The zero-order valence-corrected chi connectivity index (χ0v) is 22.2. The van der Waals surface area contributed by atoms with Crippen LogP contribution in [0.25, 0.3) is 27.5 Å². The molecule has 0 fully saturated rings. The summed E-state index contributed by atoms with van der Waals surface area (Å²) in [6, 6.07) is 16.0. The fraction of sp³-hybridized carbons (Fsp3) is 0.207. The Bertz CT molecular complexity index is 1750. The summed E-state index contributed by atoms with van der Waals surface area (Å²) < 4.78 is 28.6. The zero-order valence-electron chi connectivity index (χ0n) is 22.2. The molecular formula is C29H27N3O7. The van der Waals surface area contributed by atoms with E-state index in [2.05, 4.69) is 10.5 Å². The molecule has 0 saturated carbocycles. The second-order valence-corrected chi connectivity index (χ2v) is 8.77. The minimum atomic E-state index is -0.275. The summed E-state index contributed by atoms with van der Waals surface area (Å²) in [5.41, 5.74) is 2.58. The van der Waals surface area contributed by atoms with Gasteiger partial charge in [-0.1, -0.05) is 23.4 Å². The number of nitrogens with zero attached hydrogens (tertiary/aromatic N) is 2. The normalized spacial score (nSPS) is 11.0.